The van der Waals surface area contributed by atoms with Crippen molar-refractivity contribution in [3.05, 3.63) is 35.7 Å². The predicted octanol–water partition coefficient (Wildman–Crippen LogP) is 3.29. The first-order valence-corrected chi connectivity index (χ1v) is 8.54. The van der Waals surface area contributed by atoms with Crippen LogP contribution in [-0.4, -0.2) is 26.4 Å². The molecule has 5 nitrogen and oxygen atoms in total. The summed E-state index contributed by atoms with van der Waals surface area (Å²) in [5.74, 6) is 1.30. The van der Waals surface area contributed by atoms with E-state index in [2.05, 4.69) is 33.9 Å². The summed E-state index contributed by atoms with van der Waals surface area (Å²) in [6, 6.07) is 7.76. The molecule has 0 aliphatic carbocycles. The van der Waals surface area contributed by atoms with Gasteiger partial charge in [-0.2, -0.15) is 0 Å². The standard InChI is InChI=1S/C16H22N4OS/c1-4-8-14-18-19-16(20(14)5-2)22-11-15(21)17-13-10-7-6-9-12(13)3/h6-7,9-10H,4-5,8,11H2,1-3H3,(H,17,21). The van der Waals surface area contributed by atoms with Crippen LogP contribution >= 0.6 is 11.8 Å². The lowest BCUT2D eigenvalue weighted by Gasteiger charge is -2.08. The average Bonchev–Trinajstić information content (AvgIpc) is 2.90. The van der Waals surface area contributed by atoms with Crippen molar-refractivity contribution < 1.29 is 4.79 Å². The van der Waals surface area contributed by atoms with Gasteiger partial charge in [0.05, 0.1) is 5.75 Å². The van der Waals surface area contributed by atoms with Crippen LogP contribution < -0.4 is 5.32 Å². The van der Waals surface area contributed by atoms with Gasteiger partial charge in [0.1, 0.15) is 5.82 Å². The van der Waals surface area contributed by atoms with Crippen molar-refractivity contribution in [2.45, 2.75) is 45.3 Å². The molecule has 0 spiro atoms. The zero-order valence-corrected chi connectivity index (χ0v) is 14.1. The van der Waals surface area contributed by atoms with E-state index in [0.717, 1.165) is 41.6 Å². The number of aromatic nitrogens is 3. The van der Waals surface area contributed by atoms with E-state index in [-0.39, 0.29) is 5.91 Å². The van der Waals surface area contributed by atoms with Gasteiger partial charge in [-0.15, -0.1) is 10.2 Å². The van der Waals surface area contributed by atoms with E-state index in [0.29, 0.717) is 5.75 Å². The number of benzene rings is 1. The Kier molecular flexibility index (Phi) is 6.00. The summed E-state index contributed by atoms with van der Waals surface area (Å²) in [4.78, 5) is 12.1. The molecule has 6 heteroatoms. The summed E-state index contributed by atoms with van der Waals surface area (Å²) < 4.78 is 2.08. The second-order valence-corrected chi connectivity index (χ2v) is 5.99. The average molecular weight is 318 g/mol. The van der Waals surface area contributed by atoms with Gasteiger partial charge in [-0.25, -0.2) is 0 Å². The van der Waals surface area contributed by atoms with Crippen molar-refractivity contribution in [2.24, 2.45) is 0 Å². The van der Waals surface area contributed by atoms with E-state index >= 15 is 0 Å². The number of para-hydroxylation sites is 1. The van der Waals surface area contributed by atoms with Crippen molar-refractivity contribution in [1.82, 2.24) is 14.8 Å². The maximum Gasteiger partial charge on any atom is 0.234 e. The lowest BCUT2D eigenvalue weighted by Crippen LogP contribution is -2.15. The first kappa shape index (κ1) is 16.5. The van der Waals surface area contributed by atoms with Crippen LogP contribution in [0, 0.1) is 6.92 Å². The van der Waals surface area contributed by atoms with Crippen molar-refractivity contribution in [3.8, 4) is 0 Å². The Balaban J connectivity index is 1.95. The molecule has 2 rings (SSSR count). The lowest BCUT2D eigenvalue weighted by molar-refractivity contribution is -0.113. The number of amides is 1. The van der Waals surface area contributed by atoms with Gasteiger partial charge in [0, 0.05) is 18.7 Å². The van der Waals surface area contributed by atoms with E-state index in [9.17, 15) is 4.79 Å². The molecule has 22 heavy (non-hydrogen) atoms. The number of carbonyl (C=O) groups is 1. The molecular weight excluding hydrogens is 296 g/mol. The van der Waals surface area contributed by atoms with E-state index in [1.807, 2.05) is 31.2 Å². The highest BCUT2D eigenvalue weighted by Gasteiger charge is 2.12. The molecule has 118 valence electrons. The number of hydrogen-bond acceptors (Lipinski definition) is 4. The summed E-state index contributed by atoms with van der Waals surface area (Å²) in [6.45, 7) is 6.99. The summed E-state index contributed by atoms with van der Waals surface area (Å²) >= 11 is 1.43. The van der Waals surface area contributed by atoms with Gasteiger partial charge in [-0.05, 0) is 31.9 Å². The second kappa shape index (κ2) is 7.98. The van der Waals surface area contributed by atoms with Gasteiger partial charge in [-0.3, -0.25) is 4.79 Å². The van der Waals surface area contributed by atoms with Crippen molar-refractivity contribution in [1.29, 1.82) is 0 Å². The van der Waals surface area contributed by atoms with Gasteiger partial charge in [0.2, 0.25) is 5.91 Å². The Morgan fingerprint density at radius 1 is 1.27 bits per heavy atom. The third-order valence-corrected chi connectivity index (χ3v) is 4.30. The lowest BCUT2D eigenvalue weighted by atomic mass is 10.2. The Morgan fingerprint density at radius 3 is 2.73 bits per heavy atom. The third-order valence-electron chi connectivity index (χ3n) is 3.33. The van der Waals surface area contributed by atoms with Gasteiger partial charge >= 0.3 is 0 Å². The number of aryl methyl sites for hydroxylation is 2. The van der Waals surface area contributed by atoms with Crippen LogP contribution in [0.25, 0.3) is 0 Å². The Morgan fingerprint density at radius 2 is 2.05 bits per heavy atom. The highest BCUT2D eigenvalue weighted by atomic mass is 32.2. The Labute approximate surface area is 135 Å². The SMILES string of the molecule is CCCc1nnc(SCC(=O)Nc2ccccc2C)n1CC. The zero-order chi connectivity index (χ0) is 15.9. The summed E-state index contributed by atoms with van der Waals surface area (Å²) in [5.41, 5.74) is 1.92. The number of carbonyl (C=O) groups excluding carboxylic acids is 1. The molecule has 2 aromatic rings. The molecule has 0 unspecified atom stereocenters. The molecule has 1 heterocycles. The van der Waals surface area contributed by atoms with Crippen molar-refractivity contribution >= 4 is 23.4 Å². The fraction of sp³-hybridized carbons (Fsp3) is 0.438. The summed E-state index contributed by atoms with van der Waals surface area (Å²) in [7, 11) is 0. The molecular formula is C16H22N4OS. The van der Waals surface area contributed by atoms with E-state index in [1.165, 1.54) is 11.8 Å². The number of anilines is 1. The number of nitrogens with one attached hydrogen (secondary N) is 1. The van der Waals surface area contributed by atoms with Crippen LogP contribution in [0.1, 0.15) is 31.7 Å². The zero-order valence-electron chi connectivity index (χ0n) is 13.3. The van der Waals surface area contributed by atoms with Crippen LogP contribution in [0.15, 0.2) is 29.4 Å². The number of nitrogens with zero attached hydrogens (tertiary/aromatic N) is 3. The fourth-order valence-corrected chi connectivity index (χ4v) is 3.00. The molecule has 0 radical (unpaired) electrons. The first-order valence-electron chi connectivity index (χ1n) is 7.56. The Hall–Kier alpha value is -1.82. The van der Waals surface area contributed by atoms with Crippen LogP contribution in [0.2, 0.25) is 0 Å². The Bertz CT molecular complexity index is 639. The fourth-order valence-electron chi connectivity index (χ4n) is 2.18. The summed E-state index contributed by atoms with van der Waals surface area (Å²) in [6.07, 6.45) is 1.95. The molecule has 0 fully saturated rings. The van der Waals surface area contributed by atoms with Crippen LogP contribution in [0.5, 0.6) is 0 Å². The molecule has 0 bridgehead atoms. The highest BCUT2D eigenvalue weighted by Crippen LogP contribution is 2.19. The molecule has 1 aromatic carbocycles. The topological polar surface area (TPSA) is 59.8 Å². The normalized spacial score (nSPS) is 10.7. The van der Waals surface area contributed by atoms with Gasteiger partial charge in [0.25, 0.3) is 0 Å². The van der Waals surface area contributed by atoms with Crippen molar-refractivity contribution in [2.75, 3.05) is 11.1 Å². The van der Waals surface area contributed by atoms with Gasteiger partial charge in [-0.1, -0.05) is 36.9 Å². The molecule has 1 N–H and O–H groups in total. The minimum atomic E-state index is -0.0259. The maximum atomic E-state index is 12.1. The summed E-state index contributed by atoms with van der Waals surface area (Å²) in [5, 5.41) is 12.2. The molecule has 0 saturated carbocycles. The van der Waals surface area contributed by atoms with Gasteiger partial charge in [0.15, 0.2) is 5.16 Å². The molecule has 0 atom stereocenters. The van der Waals surface area contributed by atoms with E-state index in [4.69, 9.17) is 0 Å². The van der Waals surface area contributed by atoms with Crippen LogP contribution in [0.3, 0.4) is 0 Å². The van der Waals surface area contributed by atoms with Gasteiger partial charge < -0.3 is 9.88 Å². The number of thioether (sulfide) groups is 1. The first-order chi connectivity index (χ1) is 10.7. The minimum Gasteiger partial charge on any atom is -0.325 e. The molecule has 0 aliphatic rings. The number of hydrogen-bond donors (Lipinski definition) is 1. The molecule has 1 amide bonds. The number of rotatable bonds is 7. The highest BCUT2D eigenvalue weighted by molar-refractivity contribution is 7.99. The van der Waals surface area contributed by atoms with E-state index < -0.39 is 0 Å². The smallest absolute Gasteiger partial charge is 0.234 e. The largest absolute Gasteiger partial charge is 0.325 e. The third kappa shape index (κ3) is 4.10. The predicted molar refractivity (Wildman–Crippen MR) is 90.2 cm³/mol. The van der Waals surface area contributed by atoms with Crippen LogP contribution in [0.4, 0.5) is 5.69 Å². The monoisotopic (exact) mass is 318 g/mol. The van der Waals surface area contributed by atoms with E-state index in [1.54, 1.807) is 0 Å². The van der Waals surface area contributed by atoms with Crippen molar-refractivity contribution in [3.63, 3.8) is 0 Å². The molecule has 1 aromatic heterocycles. The molecule has 0 aliphatic heterocycles. The maximum absolute atomic E-state index is 12.1. The minimum absolute atomic E-state index is 0.0259. The molecule has 0 saturated heterocycles. The quantitative estimate of drug-likeness (QED) is 0.796. The second-order valence-electron chi connectivity index (χ2n) is 5.04. The van der Waals surface area contributed by atoms with Crippen LogP contribution in [-0.2, 0) is 17.8 Å².